The number of hydrogen-bond donors (Lipinski definition) is 0. The number of hydrogen-bond acceptors (Lipinski definition) is 1. The van der Waals surface area contributed by atoms with Gasteiger partial charge in [0.15, 0.2) is 0 Å². The molecule has 0 radical (unpaired) electrons. The van der Waals surface area contributed by atoms with Gasteiger partial charge in [0.05, 0.1) is 0 Å². The zero-order chi connectivity index (χ0) is 13.2. The zero-order valence-corrected chi connectivity index (χ0v) is 16.1. The molecular weight excluding hydrogens is 313 g/mol. The Labute approximate surface area is 143 Å². The Morgan fingerprint density at radius 2 is 1.58 bits per heavy atom. The number of allylic oxidation sites excluding steroid dienone is 3. The molecule has 0 amide bonds. The SMILES string of the molecule is CC(C)C1=[C]([Ti+2])C(C(C)C)=C(CCN(C)C)C1.[Cl-].[Cl-]. The summed E-state index contributed by atoms with van der Waals surface area (Å²) in [5.74, 6) is 1.36. The van der Waals surface area contributed by atoms with Crippen molar-refractivity contribution in [2.24, 2.45) is 11.8 Å². The summed E-state index contributed by atoms with van der Waals surface area (Å²) in [7, 11) is 4.32. The summed E-state index contributed by atoms with van der Waals surface area (Å²) in [4.78, 5) is 2.29. The molecule has 0 heterocycles. The molecule has 0 spiro atoms. The molecule has 0 fully saturated rings. The van der Waals surface area contributed by atoms with E-state index in [-0.39, 0.29) is 24.8 Å². The molecule has 0 bridgehead atoms. The van der Waals surface area contributed by atoms with Gasteiger partial charge in [-0.25, -0.2) is 0 Å². The Hall–Kier alpha value is 0.734. The van der Waals surface area contributed by atoms with Crippen LogP contribution in [0.4, 0.5) is 0 Å². The monoisotopic (exact) mass is 338 g/mol. The van der Waals surface area contributed by atoms with E-state index in [1.165, 1.54) is 19.4 Å². The van der Waals surface area contributed by atoms with Gasteiger partial charge in [0, 0.05) is 0 Å². The fraction of sp³-hybridized carbons (Fsp3) is 0.733. The average Bonchev–Trinajstić information content (AvgIpc) is 2.52. The third kappa shape index (κ3) is 5.93. The van der Waals surface area contributed by atoms with E-state index in [9.17, 15) is 0 Å². The molecule has 1 aliphatic rings. The summed E-state index contributed by atoms with van der Waals surface area (Å²) in [6.45, 7) is 10.5. The molecule has 1 aliphatic carbocycles. The van der Waals surface area contributed by atoms with Crippen molar-refractivity contribution in [2.75, 3.05) is 20.6 Å². The van der Waals surface area contributed by atoms with Gasteiger partial charge in [-0.1, -0.05) is 0 Å². The molecule has 0 atom stereocenters. The first kappa shape index (κ1) is 22.0. The van der Waals surface area contributed by atoms with Crippen molar-refractivity contribution >= 4 is 0 Å². The van der Waals surface area contributed by atoms with Crippen LogP contribution in [0.5, 0.6) is 0 Å². The van der Waals surface area contributed by atoms with Gasteiger partial charge in [0.25, 0.3) is 0 Å². The van der Waals surface area contributed by atoms with Gasteiger partial charge >= 0.3 is 119 Å². The van der Waals surface area contributed by atoms with Crippen LogP contribution in [0.1, 0.15) is 40.5 Å². The second-order valence-electron chi connectivity index (χ2n) is 5.96. The Bertz CT molecular complexity index is 344. The second-order valence-corrected chi connectivity index (χ2v) is 6.74. The molecule has 0 aliphatic heterocycles. The van der Waals surface area contributed by atoms with E-state index in [4.69, 9.17) is 0 Å². The van der Waals surface area contributed by atoms with Gasteiger partial charge in [-0.3, -0.25) is 0 Å². The van der Waals surface area contributed by atoms with Crippen molar-refractivity contribution in [3.8, 4) is 0 Å². The zero-order valence-electron chi connectivity index (χ0n) is 13.0. The fourth-order valence-electron chi connectivity index (χ4n) is 2.53. The van der Waals surface area contributed by atoms with Crippen LogP contribution in [-0.4, -0.2) is 25.5 Å². The maximum atomic E-state index is 2.33. The maximum Gasteiger partial charge on any atom is -1.00 e. The molecule has 0 aromatic rings. The van der Waals surface area contributed by atoms with Crippen LogP contribution < -0.4 is 24.8 Å². The summed E-state index contributed by atoms with van der Waals surface area (Å²) in [6.07, 6.45) is 2.46. The van der Waals surface area contributed by atoms with Crippen LogP contribution in [0.2, 0.25) is 0 Å². The van der Waals surface area contributed by atoms with E-state index >= 15 is 0 Å². The predicted octanol–water partition coefficient (Wildman–Crippen LogP) is -2.24. The molecule has 0 unspecified atom stereocenters. The Morgan fingerprint density at radius 1 is 1.05 bits per heavy atom. The average molecular weight is 339 g/mol. The first-order valence-corrected chi connectivity index (χ1v) is 7.44. The van der Waals surface area contributed by atoms with Gasteiger partial charge in [0.2, 0.25) is 0 Å². The molecule has 0 aromatic heterocycles. The Kier molecular flexibility index (Phi) is 11.2. The molecule has 0 saturated carbocycles. The van der Waals surface area contributed by atoms with Crippen molar-refractivity contribution in [1.29, 1.82) is 0 Å². The summed E-state index contributed by atoms with van der Waals surface area (Å²) in [5, 5.41) is 0. The minimum absolute atomic E-state index is 0. The molecule has 19 heavy (non-hydrogen) atoms. The minimum Gasteiger partial charge on any atom is -1.00 e. The predicted molar refractivity (Wildman–Crippen MR) is 71.5 cm³/mol. The first-order valence-electron chi connectivity index (χ1n) is 6.66. The molecule has 1 nitrogen and oxygen atoms in total. The van der Waals surface area contributed by atoms with Gasteiger partial charge in [-0.05, 0) is 0 Å². The number of nitrogens with zero attached hydrogens (tertiary/aromatic N) is 1. The molecular formula is C15H26Cl2NTi. The van der Waals surface area contributed by atoms with Gasteiger partial charge in [0.1, 0.15) is 0 Å². The Morgan fingerprint density at radius 3 is 1.95 bits per heavy atom. The fourth-order valence-corrected chi connectivity index (χ4v) is 3.85. The molecule has 4 heteroatoms. The van der Waals surface area contributed by atoms with Crippen LogP contribution in [0, 0.1) is 11.8 Å². The third-order valence-corrected chi connectivity index (χ3v) is 4.43. The normalized spacial score (nSPS) is 15.5. The van der Waals surface area contributed by atoms with Crippen molar-refractivity contribution in [1.82, 2.24) is 4.90 Å². The van der Waals surface area contributed by atoms with Crippen LogP contribution in [0.3, 0.4) is 0 Å². The minimum atomic E-state index is 0. The summed E-state index contributed by atoms with van der Waals surface area (Å²) in [5.41, 5.74) is 5.01. The van der Waals surface area contributed by atoms with Gasteiger partial charge in [-0.15, -0.1) is 0 Å². The van der Waals surface area contributed by atoms with E-state index in [2.05, 4.69) is 67.1 Å². The van der Waals surface area contributed by atoms with E-state index in [1.54, 1.807) is 20.6 Å². The molecule has 1 rings (SSSR count). The van der Waals surface area contributed by atoms with Crippen LogP contribution in [-0.2, 0) is 20.4 Å². The summed E-state index contributed by atoms with van der Waals surface area (Å²) >= 11 is 2.33. The van der Waals surface area contributed by atoms with Crippen LogP contribution in [0.15, 0.2) is 20.6 Å². The molecule has 0 aromatic carbocycles. The topological polar surface area (TPSA) is 3.24 Å². The van der Waals surface area contributed by atoms with Crippen molar-refractivity contribution in [2.45, 2.75) is 40.5 Å². The van der Waals surface area contributed by atoms with Crippen molar-refractivity contribution in [3.05, 3.63) is 20.6 Å². The maximum absolute atomic E-state index is 2.33. The van der Waals surface area contributed by atoms with E-state index in [0.29, 0.717) is 11.8 Å². The standard InChI is InChI=1S/C15H26N.2ClH.Ti/c1-11(2)14-9-13(7-8-16(5)6)15(10-14)12(3)4;;;/h11-12H,7-9H2,1-6H3;2*1H;/q;;;+2/p-2. The van der Waals surface area contributed by atoms with E-state index < -0.39 is 0 Å². The Balaban J connectivity index is 0. The van der Waals surface area contributed by atoms with Crippen molar-refractivity contribution < 1.29 is 45.2 Å². The molecule has 109 valence electrons. The smallest absolute Gasteiger partial charge is 1.00 e. The largest absolute Gasteiger partial charge is 1.00 e. The van der Waals surface area contributed by atoms with Gasteiger partial charge in [-0.2, -0.15) is 0 Å². The van der Waals surface area contributed by atoms with E-state index in [0.717, 1.165) is 0 Å². The van der Waals surface area contributed by atoms with E-state index in [1.807, 2.05) is 0 Å². The van der Waals surface area contributed by atoms with Crippen molar-refractivity contribution in [3.63, 3.8) is 0 Å². The number of halogens is 2. The van der Waals surface area contributed by atoms with Gasteiger partial charge < -0.3 is 24.8 Å². The molecule has 0 N–H and O–H groups in total. The quantitative estimate of drug-likeness (QED) is 0.512. The summed E-state index contributed by atoms with van der Waals surface area (Å²) < 4.78 is 1.59. The summed E-state index contributed by atoms with van der Waals surface area (Å²) in [6, 6.07) is 0. The van der Waals surface area contributed by atoms with Crippen LogP contribution in [0.25, 0.3) is 0 Å². The number of rotatable bonds is 5. The second kappa shape index (κ2) is 9.63. The third-order valence-electron chi connectivity index (χ3n) is 3.51. The van der Waals surface area contributed by atoms with Crippen LogP contribution >= 0.6 is 0 Å². The first-order chi connectivity index (χ1) is 7.84. The molecule has 0 saturated heterocycles.